The van der Waals surface area contributed by atoms with Gasteiger partial charge in [0.15, 0.2) is 0 Å². The number of benzene rings is 1. The number of Topliss-reactive ketones (excluding diaryl/α,β-unsaturated/α-hetero) is 1. The number of hydrogen-bond acceptors (Lipinski definition) is 4. The van der Waals surface area contributed by atoms with Crippen molar-refractivity contribution in [2.24, 2.45) is 0 Å². The molecule has 0 aromatic heterocycles. The number of carbonyl (C=O) groups excluding carboxylic acids is 2. The Hall–Kier alpha value is -1.68. The van der Waals surface area contributed by atoms with Crippen LogP contribution in [0, 0.1) is 0 Å². The Labute approximate surface area is 126 Å². The molecular weight excluding hydrogens is 266 g/mol. The van der Waals surface area contributed by atoms with Crippen LogP contribution in [0.5, 0.6) is 5.75 Å². The zero-order valence-corrected chi connectivity index (χ0v) is 13.0. The Morgan fingerprint density at radius 3 is 2.52 bits per heavy atom. The van der Waals surface area contributed by atoms with Crippen LogP contribution in [-0.2, 0) is 15.1 Å². The van der Waals surface area contributed by atoms with Crippen LogP contribution in [0.15, 0.2) is 24.3 Å². The van der Waals surface area contributed by atoms with Gasteiger partial charge in [0.25, 0.3) is 0 Å². The highest BCUT2D eigenvalue weighted by atomic mass is 16.5. The summed E-state index contributed by atoms with van der Waals surface area (Å²) in [5.41, 5.74) is 0.962. The molecule has 0 spiro atoms. The molecule has 0 N–H and O–H groups in total. The molecule has 1 saturated carbocycles. The van der Waals surface area contributed by atoms with E-state index in [0.29, 0.717) is 30.8 Å². The highest BCUT2D eigenvalue weighted by Crippen LogP contribution is 2.40. The second-order valence-corrected chi connectivity index (χ2v) is 5.82. The molecule has 1 aromatic carbocycles. The molecule has 0 aliphatic heterocycles. The molecule has 4 heteroatoms. The van der Waals surface area contributed by atoms with Crippen molar-refractivity contribution >= 4 is 11.8 Å². The van der Waals surface area contributed by atoms with Gasteiger partial charge < -0.3 is 4.74 Å². The van der Waals surface area contributed by atoms with Gasteiger partial charge in [0.05, 0.1) is 0 Å². The second-order valence-electron chi connectivity index (χ2n) is 5.82. The molecule has 0 unspecified atom stereocenters. The Bertz CT molecular complexity index is 527. The molecule has 0 bridgehead atoms. The van der Waals surface area contributed by atoms with Crippen LogP contribution in [0.2, 0.25) is 0 Å². The topological polar surface area (TPSA) is 46.6 Å². The largest absolute Gasteiger partial charge is 0.427 e. The summed E-state index contributed by atoms with van der Waals surface area (Å²) < 4.78 is 5.32. The fraction of sp³-hybridized carbons (Fsp3) is 0.529. The maximum atomic E-state index is 11.6. The Morgan fingerprint density at radius 1 is 1.29 bits per heavy atom. The highest BCUT2D eigenvalue weighted by molar-refractivity contribution is 5.79. The van der Waals surface area contributed by atoms with Crippen molar-refractivity contribution in [3.63, 3.8) is 0 Å². The van der Waals surface area contributed by atoms with E-state index in [0.717, 1.165) is 18.4 Å². The molecule has 2 rings (SSSR count). The second kappa shape index (κ2) is 6.39. The lowest BCUT2D eigenvalue weighted by Crippen LogP contribution is -2.44. The van der Waals surface area contributed by atoms with Gasteiger partial charge in [-0.1, -0.05) is 19.1 Å². The van der Waals surface area contributed by atoms with Gasteiger partial charge >= 0.3 is 5.97 Å². The zero-order valence-electron chi connectivity index (χ0n) is 13.0. The third-order valence-electron chi connectivity index (χ3n) is 4.38. The monoisotopic (exact) mass is 289 g/mol. The van der Waals surface area contributed by atoms with Gasteiger partial charge in [-0.2, -0.15) is 0 Å². The van der Waals surface area contributed by atoms with E-state index >= 15 is 0 Å². The maximum absolute atomic E-state index is 11.6. The van der Waals surface area contributed by atoms with Crippen LogP contribution in [0.4, 0.5) is 0 Å². The lowest BCUT2D eigenvalue weighted by atomic mass is 9.75. The molecule has 1 aliphatic rings. The molecule has 0 radical (unpaired) electrons. The van der Waals surface area contributed by atoms with E-state index in [4.69, 9.17) is 4.74 Å². The number of hydrogen-bond donors (Lipinski definition) is 0. The smallest absolute Gasteiger partial charge is 0.310 e. The van der Waals surface area contributed by atoms with Crippen molar-refractivity contribution in [2.45, 2.75) is 44.6 Å². The van der Waals surface area contributed by atoms with Gasteiger partial charge in [-0.05, 0) is 44.6 Å². The molecule has 0 atom stereocenters. The third-order valence-corrected chi connectivity index (χ3v) is 4.38. The molecule has 1 fully saturated rings. The number of carbonyl (C=O) groups is 2. The van der Waals surface area contributed by atoms with E-state index in [9.17, 15) is 9.59 Å². The molecule has 0 heterocycles. The van der Waals surface area contributed by atoms with Crippen LogP contribution in [0.3, 0.4) is 0 Å². The predicted octanol–water partition coefficient (Wildman–Crippen LogP) is 2.90. The van der Waals surface area contributed by atoms with Gasteiger partial charge in [-0.3, -0.25) is 14.5 Å². The Kier molecular flexibility index (Phi) is 4.78. The van der Waals surface area contributed by atoms with Crippen LogP contribution >= 0.6 is 0 Å². The lowest BCUT2D eigenvalue weighted by Gasteiger charge is -2.43. The number of ketones is 1. The van der Waals surface area contributed by atoms with Crippen LogP contribution in [0.25, 0.3) is 0 Å². The van der Waals surface area contributed by atoms with Crippen LogP contribution in [-0.4, -0.2) is 30.7 Å². The van der Waals surface area contributed by atoms with Crippen molar-refractivity contribution < 1.29 is 14.3 Å². The van der Waals surface area contributed by atoms with Crippen molar-refractivity contribution in [1.29, 1.82) is 0 Å². The summed E-state index contributed by atoms with van der Waals surface area (Å²) >= 11 is 0. The first-order chi connectivity index (χ1) is 9.98. The quantitative estimate of drug-likeness (QED) is 0.631. The molecule has 0 saturated heterocycles. The number of nitrogens with zero attached hydrogens (tertiary/aromatic N) is 1. The average Bonchev–Trinajstić information content (AvgIpc) is 2.48. The van der Waals surface area contributed by atoms with Crippen molar-refractivity contribution in [3.8, 4) is 5.75 Å². The molecule has 0 amide bonds. The van der Waals surface area contributed by atoms with Crippen molar-refractivity contribution in [2.75, 3.05) is 14.1 Å². The summed E-state index contributed by atoms with van der Waals surface area (Å²) in [6.07, 6.45) is 3.19. The zero-order chi connectivity index (χ0) is 15.5. The first kappa shape index (κ1) is 15.7. The number of esters is 1. The first-order valence-electron chi connectivity index (χ1n) is 7.48. The first-order valence-corrected chi connectivity index (χ1v) is 7.48. The summed E-state index contributed by atoms with van der Waals surface area (Å²) in [5.74, 6) is 0.684. The van der Waals surface area contributed by atoms with E-state index in [1.54, 1.807) is 13.0 Å². The number of rotatable bonds is 4. The van der Waals surface area contributed by atoms with Gasteiger partial charge in [-0.25, -0.2) is 0 Å². The van der Waals surface area contributed by atoms with Crippen LogP contribution < -0.4 is 4.74 Å². The molecule has 1 aromatic rings. The molecular formula is C17H23NO3. The maximum Gasteiger partial charge on any atom is 0.310 e. The summed E-state index contributed by atoms with van der Waals surface area (Å²) in [6.45, 7) is 1.78. The molecule has 21 heavy (non-hydrogen) atoms. The minimum Gasteiger partial charge on any atom is -0.427 e. The Morgan fingerprint density at radius 2 is 1.95 bits per heavy atom. The van der Waals surface area contributed by atoms with Crippen molar-refractivity contribution in [3.05, 3.63) is 29.8 Å². The minimum absolute atomic E-state index is 0.150. The summed E-state index contributed by atoms with van der Waals surface area (Å²) in [7, 11) is 4.08. The van der Waals surface area contributed by atoms with Gasteiger partial charge in [-0.15, -0.1) is 0 Å². The van der Waals surface area contributed by atoms with Gasteiger partial charge in [0, 0.05) is 24.8 Å². The Balaban J connectivity index is 2.31. The third kappa shape index (κ3) is 3.32. The van der Waals surface area contributed by atoms with Gasteiger partial charge in [0.2, 0.25) is 0 Å². The summed E-state index contributed by atoms with van der Waals surface area (Å²) in [5, 5.41) is 0. The lowest BCUT2D eigenvalue weighted by molar-refractivity contribution is -0.134. The normalized spacial score (nSPS) is 17.8. The summed E-state index contributed by atoms with van der Waals surface area (Å²) in [4.78, 5) is 25.2. The van der Waals surface area contributed by atoms with E-state index in [2.05, 4.69) is 11.0 Å². The minimum atomic E-state index is -0.232. The fourth-order valence-electron chi connectivity index (χ4n) is 2.99. The van der Waals surface area contributed by atoms with E-state index in [-0.39, 0.29) is 11.5 Å². The van der Waals surface area contributed by atoms with E-state index in [1.807, 2.05) is 26.2 Å². The fourth-order valence-corrected chi connectivity index (χ4v) is 2.99. The molecule has 1 aliphatic carbocycles. The van der Waals surface area contributed by atoms with Gasteiger partial charge in [0.1, 0.15) is 11.5 Å². The van der Waals surface area contributed by atoms with E-state index in [1.165, 1.54) is 0 Å². The van der Waals surface area contributed by atoms with Crippen LogP contribution in [0.1, 0.15) is 44.6 Å². The predicted molar refractivity (Wildman–Crippen MR) is 81.2 cm³/mol. The summed E-state index contributed by atoms with van der Waals surface area (Å²) in [6, 6.07) is 7.70. The SMILES string of the molecule is CCC(=O)Oc1cccc(C2(N(C)C)CCC(=O)CC2)c1. The van der Waals surface area contributed by atoms with Crippen molar-refractivity contribution in [1.82, 2.24) is 4.90 Å². The highest BCUT2D eigenvalue weighted by Gasteiger charge is 2.38. The molecule has 114 valence electrons. The molecule has 4 nitrogen and oxygen atoms in total. The average molecular weight is 289 g/mol. The standard InChI is InChI=1S/C17H23NO3/c1-4-16(20)21-15-7-5-6-13(12-15)17(18(2)3)10-8-14(19)9-11-17/h5-7,12H,4,8-11H2,1-3H3. The van der Waals surface area contributed by atoms with E-state index < -0.39 is 0 Å². The number of ether oxygens (including phenoxy) is 1.